The van der Waals surface area contributed by atoms with Gasteiger partial charge < -0.3 is 0 Å². The SMILES string of the molecule is SCC1=CC=IC=C1. The van der Waals surface area contributed by atoms with Crippen LogP contribution in [-0.4, -0.2) is 9.76 Å². The summed E-state index contributed by atoms with van der Waals surface area (Å²) in [5.41, 5.74) is 1.33. The summed E-state index contributed by atoms with van der Waals surface area (Å²) in [6.07, 6.45) is 4.33. The maximum Gasteiger partial charge on any atom is 0.0154 e. The van der Waals surface area contributed by atoms with Crippen molar-refractivity contribution in [1.29, 1.82) is 0 Å². The van der Waals surface area contributed by atoms with Gasteiger partial charge in [-0.25, -0.2) is 0 Å². The van der Waals surface area contributed by atoms with E-state index >= 15 is 0 Å². The van der Waals surface area contributed by atoms with Crippen molar-refractivity contribution in [3.8, 4) is 0 Å². The predicted molar refractivity (Wildman–Crippen MR) is 51.2 cm³/mol. The molecule has 0 fully saturated rings. The van der Waals surface area contributed by atoms with Crippen LogP contribution >= 0.6 is 33.4 Å². The molecule has 0 bridgehead atoms. The van der Waals surface area contributed by atoms with Crippen molar-refractivity contribution < 1.29 is 0 Å². The van der Waals surface area contributed by atoms with E-state index in [1.807, 2.05) is 0 Å². The average molecular weight is 238 g/mol. The summed E-state index contributed by atoms with van der Waals surface area (Å²) in [5.74, 6) is 0.872. The van der Waals surface area contributed by atoms with E-state index in [1.54, 1.807) is 0 Å². The first-order valence-electron chi connectivity index (χ1n) is 2.35. The van der Waals surface area contributed by atoms with Gasteiger partial charge in [0.15, 0.2) is 0 Å². The van der Waals surface area contributed by atoms with E-state index in [9.17, 15) is 0 Å². The molecule has 1 aliphatic heterocycles. The highest BCUT2D eigenvalue weighted by atomic mass is 127. The summed E-state index contributed by atoms with van der Waals surface area (Å²) >= 11 is 4.40. The monoisotopic (exact) mass is 238 g/mol. The van der Waals surface area contributed by atoms with Crippen LogP contribution < -0.4 is 0 Å². The highest BCUT2D eigenvalue weighted by Crippen LogP contribution is 2.09. The zero-order valence-corrected chi connectivity index (χ0v) is 7.39. The van der Waals surface area contributed by atoms with Gasteiger partial charge in [-0.3, -0.25) is 0 Å². The molecule has 1 aliphatic rings. The molecule has 0 spiro atoms. The molecule has 0 unspecified atom stereocenters. The van der Waals surface area contributed by atoms with Crippen LogP contribution in [0.3, 0.4) is 0 Å². The van der Waals surface area contributed by atoms with Crippen LogP contribution in [-0.2, 0) is 0 Å². The van der Waals surface area contributed by atoms with Gasteiger partial charge >= 0.3 is 0 Å². The lowest BCUT2D eigenvalue weighted by molar-refractivity contribution is 1.59. The molecular formula is C6H7IS. The van der Waals surface area contributed by atoms with Gasteiger partial charge in [-0.15, -0.1) is 0 Å². The molecule has 44 valence electrons. The zero-order chi connectivity index (χ0) is 5.82. The van der Waals surface area contributed by atoms with Crippen molar-refractivity contribution in [3.63, 3.8) is 0 Å². The van der Waals surface area contributed by atoms with Crippen LogP contribution in [0.5, 0.6) is 0 Å². The summed E-state index contributed by atoms with van der Waals surface area (Å²) in [4.78, 5) is 0. The Balaban J connectivity index is 2.68. The number of halogens is 1. The third kappa shape index (κ3) is 1.74. The Morgan fingerprint density at radius 3 is 2.88 bits per heavy atom. The summed E-state index contributed by atoms with van der Waals surface area (Å²) in [6, 6.07) is 0. The Hall–Kier alpha value is 0.430. The fourth-order valence-corrected chi connectivity index (χ4v) is 2.23. The molecule has 0 saturated heterocycles. The molecule has 0 aromatic carbocycles. The van der Waals surface area contributed by atoms with Crippen LogP contribution in [0.25, 0.3) is 0 Å². The number of hydrogen-bond acceptors (Lipinski definition) is 1. The second kappa shape index (κ2) is 3.45. The van der Waals surface area contributed by atoms with E-state index in [4.69, 9.17) is 0 Å². The molecular weight excluding hydrogens is 231 g/mol. The largest absolute Gasteiger partial charge is 0.175 e. The van der Waals surface area contributed by atoms with E-state index in [0.29, 0.717) is 0 Å². The van der Waals surface area contributed by atoms with Crippen molar-refractivity contribution >= 4 is 37.4 Å². The van der Waals surface area contributed by atoms with Gasteiger partial charge in [0.05, 0.1) is 0 Å². The van der Waals surface area contributed by atoms with Gasteiger partial charge in [0.25, 0.3) is 0 Å². The normalized spacial score (nSPS) is 17.4. The summed E-state index contributed by atoms with van der Waals surface area (Å²) in [7, 11) is 0. The highest BCUT2D eigenvalue weighted by molar-refractivity contribution is 14.2. The topological polar surface area (TPSA) is 0 Å². The Bertz CT molecular complexity index is 156. The van der Waals surface area contributed by atoms with Crippen LogP contribution in [0.1, 0.15) is 0 Å². The third-order valence-corrected chi connectivity index (χ3v) is 2.80. The molecule has 0 aromatic heterocycles. The number of thiol groups is 1. The fourth-order valence-electron chi connectivity index (χ4n) is 0.438. The molecule has 0 aliphatic carbocycles. The van der Waals surface area contributed by atoms with Crippen LogP contribution in [0.15, 0.2) is 21.8 Å². The van der Waals surface area contributed by atoms with Gasteiger partial charge in [-0.05, 0) is 13.7 Å². The molecule has 1 heterocycles. The lowest BCUT2D eigenvalue weighted by atomic mass is 10.3. The minimum Gasteiger partial charge on any atom is -0.175 e. The molecule has 0 amide bonds. The maximum atomic E-state index is 4.14. The van der Waals surface area contributed by atoms with E-state index < -0.39 is 0 Å². The number of hydrogen-bond donors (Lipinski definition) is 1. The first kappa shape index (κ1) is 6.55. The molecule has 0 radical (unpaired) electrons. The Morgan fingerprint density at radius 1 is 1.62 bits per heavy atom. The molecule has 1 rings (SSSR count). The molecule has 0 atom stereocenters. The molecule has 2 heteroatoms. The van der Waals surface area contributed by atoms with Gasteiger partial charge in [0.1, 0.15) is 0 Å². The van der Waals surface area contributed by atoms with E-state index in [2.05, 4.69) is 32.9 Å². The Morgan fingerprint density at radius 2 is 2.50 bits per heavy atom. The van der Waals surface area contributed by atoms with Gasteiger partial charge in [-0.1, -0.05) is 32.9 Å². The zero-order valence-electron chi connectivity index (χ0n) is 4.34. The first-order valence-corrected chi connectivity index (χ1v) is 5.47. The standard InChI is InChI=1S/C6H7IS/c8-5-6-1-3-7-4-2-6/h1-4,8H,5H2. The lowest BCUT2D eigenvalue weighted by Crippen LogP contribution is -1.80. The van der Waals surface area contributed by atoms with Crippen LogP contribution in [0.2, 0.25) is 0 Å². The molecule has 0 aromatic rings. The number of rotatable bonds is 1. The first-order chi connectivity index (χ1) is 3.93. The van der Waals surface area contributed by atoms with Crippen molar-refractivity contribution in [3.05, 3.63) is 21.8 Å². The second-order valence-corrected chi connectivity index (χ2v) is 3.92. The summed E-state index contributed by atoms with van der Waals surface area (Å²) in [6.45, 7) is 0. The highest BCUT2D eigenvalue weighted by Gasteiger charge is 1.86. The minimum atomic E-state index is 0.266. The van der Waals surface area contributed by atoms with Crippen molar-refractivity contribution in [2.45, 2.75) is 0 Å². The Kier molecular flexibility index (Phi) is 2.83. The van der Waals surface area contributed by atoms with Crippen molar-refractivity contribution in [1.82, 2.24) is 0 Å². The minimum absolute atomic E-state index is 0.266. The molecule has 0 nitrogen and oxygen atoms in total. The van der Waals surface area contributed by atoms with Crippen LogP contribution in [0, 0.1) is 0 Å². The summed E-state index contributed by atoms with van der Waals surface area (Å²) in [5, 5.41) is 0. The smallest absolute Gasteiger partial charge is 0.0154 e. The van der Waals surface area contributed by atoms with Gasteiger partial charge in [0.2, 0.25) is 0 Å². The maximum absolute atomic E-state index is 4.14. The molecule has 0 saturated carbocycles. The van der Waals surface area contributed by atoms with Gasteiger partial charge in [0, 0.05) is 5.75 Å². The Labute approximate surface area is 64.8 Å². The van der Waals surface area contributed by atoms with Crippen molar-refractivity contribution in [2.75, 3.05) is 5.75 Å². The number of allylic oxidation sites excluding steroid dienone is 2. The van der Waals surface area contributed by atoms with Crippen molar-refractivity contribution in [2.24, 2.45) is 0 Å². The second-order valence-electron chi connectivity index (χ2n) is 1.44. The third-order valence-electron chi connectivity index (χ3n) is 0.882. The summed E-state index contributed by atoms with van der Waals surface area (Å²) < 4.78 is 4.51. The van der Waals surface area contributed by atoms with E-state index in [0.717, 1.165) is 5.75 Å². The lowest BCUT2D eigenvalue weighted by Gasteiger charge is -1.94. The predicted octanol–water partition coefficient (Wildman–Crippen LogP) is 2.14. The van der Waals surface area contributed by atoms with E-state index in [1.165, 1.54) is 5.57 Å². The van der Waals surface area contributed by atoms with E-state index in [-0.39, 0.29) is 20.7 Å². The molecule has 0 N–H and O–H groups in total. The molecule has 8 heavy (non-hydrogen) atoms. The fraction of sp³-hybridized carbons (Fsp3) is 0.167. The van der Waals surface area contributed by atoms with Crippen LogP contribution in [0.4, 0.5) is 0 Å². The van der Waals surface area contributed by atoms with Gasteiger partial charge in [-0.2, -0.15) is 12.6 Å². The average Bonchev–Trinajstić information content (AvgIpc) is 1.90. The quantitative estimate of drug-likeness (QED) is 0.525.